The molecule has 58 heavy (non-hydrogen) atoms. The minimum atomic E-state index is -1.07. The quantitative estimate of drug-likeness (QED) is 0.165. The van der Waals surface area contributed by atoms with Crippen LogP contribution in [0.1, 0.15) is 47.1 Å². The van der Waals surface area contributed by atoms with E-state index < -0.39 is 47.0 Å². The van der Waals surface area contributed by atoms with Crippen molar-refractivity contribution in [1.29, 1.82) is 0 Å². The maximum Gasteiger partial charge on any atom is 0.246 e. The number of carbonyl (C=O) groups is 6. The smallest absolute Gasteiger partial charge is 0.246 e. The highest BCUT2D eigenvalue weighted by molar-refractivity contribution is 5.97. The number of nitrogens with two attached hydrogens (primary N) is 1. The second-order valence-electron chi connectivity index (χ2n) is 14.9. The zero-order chi connectivity index (χ0) is 41.3. The molecule has 0 unspecified atom stereocenters. The van der Waals surface area contributed by atoms with E-state index in [4.69, 9.17) is 10.5 Å². The molecule has 3 aromatic carbocycles. The Morgan fingerprint density at radius 2 is 1.66 bits per heavy atom. The lowest BCUT2D eigenvalue weighted by Crippen LogP contribution is -2.58. The van der Waals surface area contributed by atoms with Gasteiger partial charge in [0.2, 0.25) is 35.4 Å². The minimum absolute atomic E-state index is 0.0236. The number of ether oxygens (including phenoxy) is 1. The molecule has 3 atom stereocenters. The van der Waals surface area contributed by atoms with E-state index in [2.05, 4.69) is 26.6 Å². The first-order valence-electron chi connectivity index (χ1n) is 19.9. The highest BCUT2D eigenvalue weighted by atomic mass is 16.5. The molecule has 3 aromatic rings. The lowest BCUT2D eigenvalue weighted by molar-refractivity contribution is -0.141. The highest BCUT2D eigenvalue weighted by Crippen LogP contribution is 2.35. The Kier molecular flexibility index (Phi) is 16.1. The number of carbonyl (C=O) groups excluding carboxylic acids is 6. The van der Waals surface area contributed by atoms with Gasteiger partial charge in [0.25, 0.3) is 0 Å². The van der Waals surface area contributed by atoms with Crippen molar-refractivity contribution in [2.45, 2.75) is 64.1 Å². The average molecular weight is 794 g/mol. The van der Waals surface area contributed by atoms with Gasteiger partial charge in [0, 0.05) is 57.8 Å². The van der Waals surface area contributed by atoms with Crippen LogP contribution in [0.15, 0.2) is 91.0 Å². The molecular formula is C44H55N7O7. The van der Waals surface area contributed by atoms with Crippen molar-refractivity contribution in [3.05, 3.63) is 119 Å². The first-order chi connectivity index (χ1) is 28.0. The molecule has 14 nitrogen and oxygen atoms in total. The van der Waals surface area contributed by atoms with Crippen LogP contribution in [0.25, 0.3) is 0 Å². The van der Waals surface area contributed by atoms with E-state index in [9.17, 15) is 28.8 Å². The number of rotatable bonds is 10. The molecule has 0 radical (unpaired) electrons. The summed E-state index contributed by atoms with van der Waals surface area (Å²) in [5.74, 6) is -2.63. The second kappa shape index (κ2) is 21.6. The molecule has 14 heteroatoms. The van der Waals surface area contributed by atoms with Gasteiger partial charge in [-0.15, -0.1) is 0 Å². The van der Waals surface area contributed by atoms with Crippen LogP contribution in [0.3, 0.4) is 0 Å². The van der Waals surface area contributed by atoms with Crippen molar-refractivity contribution in [2.24, 2.45) is 11.1 Å². The monoisotopic (exact) mass is 793 g/mol. The highest BCUT2D eigenvalue weighted by Gasteiger charge is 2.44. The first-order valence-corrected chi connectivity index (χ1v) is 19.9. The third-order valence-corrected chi connectivity index (χ3v) is 10.4. The Morgan fingerprint density at radius 1 is 0.897 bits per heavy atom. The summed E-state index contributed by atoms with van der Waals surface area (Å²) in [5, 5.41) is 14.4. The van der Waals surface area contributed by atoms with Gasteiger partial charge in [-0.25, -0.2) is 0 Å². The lowest BCUT2D eigenvalue weighted by Gasteiger charge is -2.42. The van der Waals surface area contributed by atoms with Gasteiger partial charge in [-0.1, -0.05) is 84.4 Å². The second-order valence-corrected chi connectivity index (χ2v) is 14.9. The van der Waals surface area contributed by atoms with Crippen LogP contribution >= 0.6 is 0 Å². The van der Waals surface area contributed by atoms with E-state index in [1.54, 1.807) is 17.0 Å². The predicted molar refractivity (Wildman–Crippen MR) is 219 cm³/mol. The molecule has 0 aliphatic carbocycles. The maximum atomic E-state index is 14.7. The van der Waals surface area contributed by atoms with Crippen LogP contribution in [0, 0.1) is 12.3 Å². The molecule has 6 amide bonds. The molecule has 0 spiro atoms. The molecule has 0 aromatic heterocycles. The number of nitrogens with zero attached hydrogens (tertiary/aromatic N) is 1. The average Bonchev–Trinajstić information content (AvgIpc) is 3.21. The summed E-state index contributed by atoms with van der Waals surface area (Å²) in [5.41, 5.74) is 8.51. The summed E-state index contributed by atoms with van der Waals surface area (Å²) in [6, 6.07) is 22.6. The van der Waals surface area contributed by atoms with Crippen molar-refractivity contribution in [3.63, 3.8) is 0 Å². The zero-order valence-electron chi connectivity index (χ0n) is 33.1. The van der Waals surface area contributed by atoms with Crippen molar-refractivity contribution >= 4 is 35.4 Å². The third-order valence-electron chi connectivity index (χ3n) is 10.4. The van der Waals surface area contributed by atoms with E-state index >= 15 is 0 Å². The number of piperidine rings is 1. The third kappa shape index (κ3) is 12.8. The molecule has 2 aliphatic heterocycles. The van der Waals surface area contributed by atoms with Gasteiger partial charge in [-0.05, 0) is 54.9 Å². The van der Waals surface area contributed by atoms with Crippen molar-refractivity contribution < 1.29 is 33.5 Å². The van der Waals surface area contributed by atoms with Gasteiger partial charge in [0.15, 0.2) is 0 Å². The van der Waals surface area contributed by atoms with Gasteiger partial charge >= 0.3 is 0 Å². The maximum absolute atomic E-state index is 14.7. The van der Waals surface area contributed by atoms with Crippen molar-refractivity contribution in [3.8, 4) is 0 Å². The normalized spacial score (nSPS) is 21.8. The number of hydrogen-bond acceptors (Lipinski definition) is 8. The number of fused-ring (bicyclic) bond motifs is 3. The van der Waals surface area contributed by atoms with Gasteiger partial charge < -0.3 is 42.0 Å². The van der Waals surface area contributed by atoms with Crippen molar-refractivity contribution in [1.82, 2.24) is 31.5 Å². The van der Waals surface area contributed by atoms with Gasteiger partial charge in [-0.2, -0.15) is 0 Å². The Bertz CT molecular complexity index is 1940. The van der Waals surface area contributed by atoms with Crippen LogP contribution in [-0.4, -0.2) is 98.4 Å². The fraction of sp³-hybridized carbons (Fsp3) is 0.409. The standard InChI is InChI=1S/C44H55N7O7/c1-31-9-7-12-33(25-31)26-37-42(56)48-29-35-14-6-5-13-34(35)27-39(53)49-36(41(55)47-21-24-58-23-19-45)17-20-46-38(52)15-16-40(54)51-22-8-18-44(30-51,43(57)50-37)28-32-10-3-2-4-11-32/h2-7,9-16,25,36-37H,8,17-24,26-30,45H2,1H3,(H,46,52)(H,47,55)(H,48,56)(H,49,53)(H,50,57)/b16-15+/t36-,37-,44-/m0/s1. The lowest BCUT2D eigenvalue weighted by atomic mass is 9.74. The molecular weight excluding hydrogens is 739 g/mol. The van der Waals surface area contributed by atoms with E-state index in [-0.39, 0.29) is 58.0 Å². The van der Waals surface area contributed by atoms with E-state index in [1.165, 1.54) is 6.08 Å². The number of amides is 6. The Labute approximate surface area is 339 Å². The number of hydrogen-bond donors (Lipinski definition) is 6. The number of benzene rings is 3. The molecule has 2 aliphatic rings. The SMILES string of the molecule is Cc1cccc(C[C@@H]2NC(=O)[C@]3(Cc4ccccc4)CCCN(C3)C(=O)/C=C/C(=O)NCC[C@@H](C(=O)NCCOCCN)NC(=O)Cc3ccccc3CNC2=O)c1. The van der Waals surface area contributed by atoms with E-state index in [1.807, 2.05) is 73.7 Å². The Hall–Kier alpha value is -5.86. The first kappa shape index (κ1) is 43.3. The van der Waals surface area contributed by atoms with Crippen LogP contribution in [0.2, 0.25) is 0 Å². The molecule has 2 bridgehead atoms. The largest absolute Gasteiger partial charge is 0.378 e. The minimum Gasteiger partial charge on any atom is -0.378 e. The summed E-state index contributed by atoms with van der Waals surface area (Å²) >= 11 is 0. The predicted octanol–water partition coefficient (Wildman–Crippen LogP) is 1.39. The molecule has 1 fully saturated rings. The number of aryl methyl sites for hydroxylation is 1. The molecule has 1 saturated heterocycles. The fourth-order valence-corrected chi connectivity index (χ4v) is 7.41. The molecule has 5 rings (SSSR count). The van der Waals surface area contributed by atoms with Crippen LogP contribution in [-0.2, 0) is 59.3 Å². The molecule has 7 N–H and O–H groups in total. The summed E-state index contributed by atoms with van der Waals surface area (Å²) in [7, 11) is 0. The van der Waals surface area contributed by atoms with Crippen LogP contribution in [0.5, 0.6) is 0 Å². The van der Waals surface area contributed by atoms with Crippen LogP contribution < -0.4 is 32.3 Å². The summed E-state index contributed by atoms with van der Waals surface area (Å²) < 4.78 is 5.35. The Balaban J connectivity index is 1.45. The Morgan fingerprint density at radius 3 is 2.43 bits per heavy atom. The zero-order valence-corrected chi connectivity index (χ0v) is 33.1. The van der Waals surface area contributed by atoms with E-state index in [0.717, 1.165) is 22.8 Å². The molecule has 0 saturated carbocycles. The summed E-state index contributed by atoms with van der Waals surface area (Å²) in [6.45, 7) is 3.63. The molecule has 308 valence electrons. The van der Waals surface area contributed by atoms with Gasteiger partial charge in [0.1, 0.15) is 12.1 Å². The van der Waals surface area contributed by atoms with Crippen LogP contribution in [0.4, 0.5) is 0 Å². The van der Waals surface area contributed by atoms with Crippen molar-refractivity contribution in [2.75, 3.05) is 45.9 Å². The van der Waals surface area contributed by atoms with Gasteiger partial charge in [0.05, 0.1) is 25.0 Å². The van der Waals surface area contributed by atoms with E-state index in [0.29, 0.717) is 50.1 Å². The topological polar surface area (TPSA) is 201 Å². The van der Waals surface area contributed by atoms with Gasteiger partial charge in [-0.3, -0.25) is 28.8 Å². The molecule has 2 heterocycles. The fourth-order valence-electron chi connectivity index (χ4n) is 7.41. The summed E-state index contributed by atoms with van der Waals surface area (Å²) in [6.07, 6.45) is 3.84. The summed E-state index contributed by atoms with van der Waals surface area (Å²) in [4.78, 5) is 83.6. The number of nitrogens with one attached hydrogen (secondary N) is 5.